The van der Waals surface area contributed by atoms with Crippen molar-refractivity contribution >= 4 is 33.4 Å². The average molecular weight is 481 g/mol. The first-order valence-corrected chi connectivity index (χ1v) is 10.7. The summed E-state index contributed by atoms with van der Waals surface area (Å²) < 4.78 is 6.43. The van der Waals surface area contributed by atoms with Crippen LogP contribution in [0.5, 0.6) is 5.75 Å². The zero-order valence-corrected chi connectivity index (χ0v) is 19.3. The Balaban J connectivity index is 1.59. The Labute approximate surface area is 191 Å². The number of hydrogen-bond acceptors (Lipinski definition) is 3. The molecule has 0 aromatic heterocycles. The third-order valence-corrected chi connectivity index (χ3v) is 4.91. The molecule has 160 valence electrons. The Morgan fingerprint density at radius 2 is 1.65 bits per heavy atom. The molecule has 0 aliphatic heterocycles. The lowest BCUT2D eigenvalue weighted by Gasteiger charge is -2.20. The Hall–Kier alpha value is -3.12. The topological polar surface area (TPSA) is 67.4 Å². The molecule has 3 rings (SSSR count). The first-order chi connectivity index (χ1) is 14.7. The van der Waals surface area contributed by atoms with Crippen LogP contribution in [-0.4, -0.2) is 24.0 Å². The van der Waals surface area contributed by atoms with Crippen molar-refractivity contribution in [3.05, 3.63) is 82.8 Å². The smallest absolute Gasteiger partial charge is 0.262 e. The molecule has 2 N–H and O–H groups in total. The van der Waals surface area contributed by atoms with Crippen LogP contribution >= 0.6 is 15.9 Å². The molecule has 0 atom stereocenters. The minimum atomic E-state index is -0.340. The lowest BCUT2D eigenvalue weighted by Crippen LogP contribution is -2.40. The van der Waals surface area contributed by atoms with E-state index in [1.165, 1.54) is 0 Å². The molecule has 0 heterocycles. The molecule has 0 aliphatic carbocycles. The van der Waals surface area contributed by atoms with E-state index in [9.17, 15) is 9.59 Å². The summed E-state index contributed by atoms with van der Waals surface area (Å²) in [5.74, 6) is 0.0721. The molecule has 0 saturated heterocycles. The van der Waals surface area contributed by atoms with Crippen LogP contribution in [0.4, 0.5) is 5.69 Å². The molecule has 0 bridgehead atoms. The molecule has 0 radical (unpaired) electrons. The molecule has 0 saturated carbocycles. The van der Waals surface area contributed by atoms with Crippen LogP contribution in [0.15, 0.2) is 77.3 Å². The molecule has 0 aliphatic rings. The maximum Gasteiger partial charge on any atom is 0.262 e. The number of carbonyl (C=O) groups excluding carboxylic acids is 2. The number of carbonyl (C=O) groups is 2. The summed E-state index contributed by atoms with van der Waals surface area (Å²) in [6.07, 6.45) is 0. The molecule has 5 nitrogen and oxygen atoms in total. The summed E-state index contributed by atoms with van der Waals surface area (Å²) in [7, 11) is 0. The van der Waals surface area contributed by atoms with Crippen molar-refractivity contribution in [2.75, 3.05) is 11.9 Å². The highest BCUT2D eigenvalue weighted by atomic mass is 79.9. The lowest BCUT2D eigenvalue weighted by molar-refractivity contribution is -0.118. The number of amides is 2. The fraction of sp³-hybridized carbons (Fsp3) is 0.200. The third kappa shape index (κ3) is 6.69. The predicted molar refractivity (Wildman–Crippen MR) is 127 cm³/mol. The number of anilines is 1. The van der Waals surface area contributed by atoms with Crippen molar-refractivity contribution in [1.82, 2.24) is 5.32 Å². The number of halogens is 1. The Morgan fingerprint density at radius 1 is 0.903 bits per heavy atom. The number of nitrogens with one attached hydrogen (secondary N) is 2. The van der Waals surface area contributed by atoms with Crippen molar-refractivity contribution in [3.63, 3.8) is 0 Å². The van der Waals surface area contributed by atoms with Gasteiger partial charge in [-0.25, -0.2) is 0 Å². The van der Waals surface area contributed by atoms with E-state index in [4.69, 9.17) is 4.74 Å². The van der Waals surface area contributed by atoms with Crippen LogP contribution in [0, 0.1) is 0 Å². The molecule has 0 spiro atoms. The second kappa shape index (κ2) is 9.79. The highest BCUT2D eigenvalue weighted by Gasteiger charge is 2.16. The van der Waals surface area contributed by atoms with Gasteiger partial charge in [-0.15, -0.1) is 0 Å². The molecular weight excluding hydrogens is 456 g/mol. The van der Waals surface area contributed by atoms with Crippen molar-refractivity contribution in [2.45, 2.75) is 26.3 Å². The highest BCUT2D eigenvalue weighted by Crippen LogP contribution is 2.30. The van der Waals surface area contributed by atoms with E-state index in [0.717, 1.165) is 15.6 Å². The van der Waals surface area contributed by atoms with Gasteiger partial charge >= 0.3 is 0 Å². The second-order valence-electron chi connectivity index (χ2n) is 8.13. The number of ether oxygens (including phenoxy) is 1. The van der Waals surface area contributed by atoms with Gasteiger partial charge in [0.25, 0.3) is 11.8 Å². The molecule has 2 amide bonds. The summed E-state index contributed by atoms with van der Waals surface area (Å²) in [4.78, 5) is 24.7. The van der Waals surface area contributed by atoms with Gasteiger partial charge < -0.3 is 15.4 Å². The van der Waals surface area contributed by atoms with Gasteiger partial charge in [-0.1, -0.05) is 42.5 Å². The molecule has 0 fully saturated rings. The monoisotopic (exact) mass is 480 g/mol. The number of hydrogen-bond donors (Lipinski definition) is 2. The van der Waals surface area contributed by atoms with Gasteiger partial charge in [-0.05, 0) is 78.2 Å². The first kappa shape index (κ1) is 22.6. The van der Waals surface area contributed by atoms with E-state index in [-0.39, 0.29) is 24.0 Å². The molecule has 3 aromatic rings. The average Bonchev–Trinajstić information content (AvgIpc) is 2.72. The van der Waals surface area contributed by atoms with Gasteiger partial charge in [0, 0.05) is 16.8 Å². The highest BCUT2D eigenvalue weighted by molar-refractivity contribution is 9.10. The normalized spacial score (nSPS) is 11.0. The van der Waals surface area contributed by atoms with Crippen molar-refractivity contribution in [2.24, 2.45) is 0 Å². The minimum Gasteiger partial charge on any atom is -0.483 e. The fourth-order valence-corrected chi connectivity index (χ4v) is 3.41. The van der Waals surface area contributed by atoms with Crippen LogP contribution in [-0.2, 0) is 4.79 Å². The zero-order chi connectivity index (χ0) is 22.4. The molecular formula is C25H25BrN2O3. The van der Waals surface area contributed by atoms with E-state index >= 15 is 0 Å². The van der Waals surface area contributed by atoms with E-state index in [0.29, 0.717) is 17.0 Å². The van der Waals surface area contributed by atoms with Crippen LogP contribution in [0.25, 0.3) is 11.1 Å². The molecule has 3 aromatic carbocycles. The summed E-state index contributed by atoms with van der Waals surface area (Å²) in [5, 5.41) is 5.67. The van der Waals surface area contributed by atoms with Gasteiger partial charge in [0.05, 0.1) is 4.47 Å². The summed E-state index contributed by atoms with van der Waals surface area (Å²) in [6, 6.07) is 22.6. The van der Waals surface area contributed by atoms with E-state index in [1.54, 1.807) is 24.3 Å². The van der Waals surface area contributed by atoms with Gasteiger partial charge in [0.2, 0.25) is 0 Å². The van der Waals surface area contributed by atoms with Crippen LogP contribution in [0.1, 0.15) is 31.1 Å². The fourth-order valence-electron chi connectivity index (χ4n) is 2.92. The van der Waals surface area contributed by atoms with E-state index in [2.05, 4.69) is 26.6 Å². The van der Waals surface area contributed by atoms with Crippen LogP contribution in [0.3, 0.4) is 0 Å². The number of benzene rings is 3. The van der Waals surface area contributed by atoms with Crippen LogP contribution < -0.4 is 15.4 Å². The second-order valence-corrected chi connectivity index (χ2v) is 8.99. The number of rotatable bonds is 6. The van der Waals surface area contributed by atoms with Gasteiger partial charge in [-0.3, -0.25) is 9.59 Å². The predicted octanol–water partition coefficient (Wildman–Crippen LogP) is 5.66. The Bertz CT molecular complexity index is 1080. The van der Waals surface area contributed by atoms with E-state index < -0.39 is 0 Å². The lowest BCUT2D eigenvalue weighted by atomic mass is 10.1. The maximum absolute atomic E-state index is 12.3. The van der Waals surface area contributed by atoms with Crippen LogP contribution in [0.2, 0.25) is 0 Å². The summed E-state index contributed by atoms with van der Waals surface area (Å²) >= 11 is 3.51. The first-order valence-electron chi connectivity index (χ1n) is 9.91. The molecule has 6 heteroatoms. The van der Waals surface area contributed by atoms with Crippen molar-refractivity contribution in [1.29, 1.82) is 0 Å². The van der Waals surface area contributed by atoms with Gasteiger partial charge in [0.15, 0.2) is 6.61 Å². The third-order valence-electron chi connectivity index (χ3n) is 4.29. The van der Waals surface area contributed by atoms with Crippen molar-refractivity contribution < 1.29 is 14.3 Å². The standard InChI is InChI=1S/C25H25BrN2O3/c1-25(2,3)28-24(30)19-10-7-11-20(14-19)27-23(29)16-31-22-13-12-18(15-21(22)26)17-8-5-4-6-9-17/h4-15H,16H2,1-3H3,(H,27,29)(H,28,30). The summed E-state index contributed by atoms with van der Waals surface area (Å²) in [6.45, 7) is 5.59. The van der Waals surface area contributed by atoms with Gasteiger partial charge in [-0.2, -0.15) is 0 Å². The Kier molecular flexibility index (Phi) is 7.13. The Morgan fingerprint density at radius 3 is 2.32 bits per heavy atom. The molecule has 0 unspecified atom stereocenters. The van der Waals surface area contributed by atoms with Gasteiger partial charge in [0.1, 0.15) is 5.75 Å². The quantitative estimate of drug-likeness (QED) is 0.478. The van der Waals surface area contributed by atoms with Crippen molar-refractivity contribution in [3.8, 4) is 16.9 Å². The summed E-state index contributed by atoms with van der Waals surface area (Å²) in [5.41, 5.74) is 2.83. The minimum absolute atomic E-state index is 0.151. The maximum atomic E-state index is 12.3. The largest absolute Gasteiger partial charge is 0.483 e. The zero-order valence-electron chi connectivity index (χ0n) is 17.7. The SMILES string of the molecule is CC(C)(C)NC(=O)c1cccc(NC(=O)COc2ccc(-c3ccccc3)cc2Br)c1. The van der Waals surface area contributed by atoms with E-state index in [1.807, 2.05) is 69.3 Å². The molecule has 31 heavy (non-hydrogen) atoms.